The third-order valence-electron chi connectivity index (χ3n) is 2.66. The Labute approximate surface area is 114 Å². The van der Waals surface area contributed by atoms with E-state index in [9.17, 15) is 8.78 Å². The molecule has 106 valence electrons. The zero-order valence-corrected chi connectivity index (χ0v) is 10.7. The van der Waals surface area contributed by atoms with Crippen molar-refractivity contribution in [3.8, 4) is 11.5 Å². The molecule has 7 heteroatoms. The van der Waals surface area contributed by atoms with Crippen LogP contribution in [0.5, 0.6) is 11.5 Å². The number of benzene rings is 1. The van der Waals surface area contributed by atoms with Gasteiger partial charge in [-0.15, -0.1) is 0 Å². The third kappa shape index (κ3) is 3.18. The molecular formula is C13H13F2N3O2. The van der Waals surface area contributed by atoms with Crippen molar-refractivity contribution in [2.24, 2.45) is 5.73 Å². The molecule has 1 heterocycles. The van der Waals surface area contributed by atoms with Crippen LogP contribution in [0.3, 0.4) is 0 Å². The quantitative estimate of drug-likeness (QED) is 0.909. The SMILES string of the molecule is COc1ccc(C(N)c2cnccn2)cc1OC(F)F. The maximum Gasteiger partial charge on any atom is 0.387 e. The summed E-state index contributed by atoms with van der Waals surface area (Å²) >= 11 is 0. The van der Waals surface area contributed by atoms with Gasteiger partial charge in [0.1, 0.15) is 0 Å². The van der Waals surface area contributed by atoms with Crippen molar-refractivity contribution in [3.63, 3.8) is 0 Å². The van der Waals surface area contributed by atoms with Crippen LogP contribution in [0.2, 0.25) is 0 Å². The minimum Gasteiger partial charge on any atom is -0.493 e. The standard InChI is InChI=1S/C13H13F2N3O2/c1-19-10-3-2-8(6-11(10)20-13(14)15)12(16)9-7-17-4-5-18-9/h2-7,12-13H,16H2,1H3. The predicted molar refractivity (Wildman–Crippen MR) is 67.7 cm³/mol. The van der Waals surface area contributed by atoms with E-state index in [0.717, 1.165) is 0 Å². The Kier molecular flexibility index (Phi) is 4.41. The number of methoxy groups -OCH3 is 1. The van der Waals surface area contributed by atoms with Gasteiger partial charge in [0.05, 0.1) is 25.0 Å². The van der Waals surface area contributed by atoms with Crippen LogP contribution in [0.1, 0.15) is 17.3 Å². The van der Waals surface area contributed by atoms with Gasteiger partial charge in [0.2, 0.25) is 0 Å². The van der Waals surface area contributed by atoms with Gasteiger partial charge in [0, 0.05) is 12.4 Å². The van der Waals surface area contributed by atoms with Crippen LogP contribution in [0.25, 0.3) is 0 Å². The van der Waals surface area contributed by atoms with Crippen LogP contribution >= 0.6 is 0 Å². The van der Waals surface area contributed by atoms with Gasteiger partial charge in [-0.2, -0.15) is 8.78 Å². The van der Waals surface area contributed by atoms with Crippen molar-refractivity contribution in [2.45, 2.75) is 12.7 Å². The number of nitrogens with two attached hydrogens (primary N) is 1. The van der Waals surface area contributed by atoms with Crippen LogP contribution in [0, 0.1) is 0 Å². The first-order valence-corrected chi connectivity index (χ1v) is 5.76. The molecule has 0 aliphatic rings. The molecular weight excluding hydrogens is 268 g/mol. The normalized spacial score (nSPS) is 12.2. The van der Waals surface area contributed by atoms with Gasteiger partial charge in [0.15, 0.2) is 11.5 Å². The molecule has 2 N–H and O–H groups in total. The van der Waals surface area contributed by atoms with Gasteiger partial charge < -0.3 is 15.2 Å². The Hall–Kier alpha value is -2.28. The molecule has 20 heavy (non-hydrogen) atoms. The van der Waals surface area contributed by atoms with Crippen LogP contribution in [0.15, 0.2) is 36.8 Å². The second-order valence-corrected chi connectivity index (χ2v) is 3.90. The molecule has 0 saturated carbocycles. The molecule has 0 aliphatic heterocycles. The molecule has 0 bridgehead atoms. The molecule has 2 rings (SSSR count). The Balaban J connectivity index is 2.33. The summed E-state index contributed by atoms with van der Waals surface area (Å²) in [5.41, 5.74) is 7.12. The highest BCUT2D eigenvalue weighted by atomic mass is 19.3. The lowest BCUT2D eigenvalue weighted by atomic mass is 10.0. The van der Waals surface area contributed by atoms with Gasteiger partial charge in [0.25, 0.3) is 0 Å². The lowest BCUT2D eigenvalue weighted by Crippen LogP contribution is -2.14. The fourth-order valence-corrected chi connectivity index (χ4v) is 1.72. The van der Waals surface area contributed by atoms with Gasteiger partial charge >= 0.3 is 6.61 Å². The largest absolute Gasteiger partial charge is 0.493 e. The number of aromatic nitrogens is 2. The summed E-state index contributed by atoms with van der Waals surface area (Å²) in [5, 5.41) is 0. The Morgan fingerprint density at radius 2 is 2.00 bits per heavy atom. The number of alkyl halides is 2. The van der Waals surface area contributed by atoms with Crippen molar-refractivity contribution >= 4 is 0 Å². The Morgan fingerprint density at radius 1 is 1.20 bits per heavy atom. The second-order valence-electron chi connectivity index (χ2n) is 3.90. The van der Waals surface area contributed by atoms with E-state index in [0.29, 0.717) is 11.3 Å². The fraction of sp³-hybridized carbons (Fsp3) is 0.231. The van der Waals surface area contributed by atoms with E-state index in [1.54, 1.807) is 6.07 Å². The number of ether oxygens (including phenoxy) is 2. The van der Waals surface area contributed by atoms with E-state index in [1.807, 2.05) is 0 Å². The summed E-state index contributed by atoms with van der Waals surface area (Å²) < 4.78 is 34.1. The summed E-state index contributed by atoms with van der Waals surface area (Å²) in [6.07, 6.45) is 4.55. The zero-order valence-electron chi connectivity index (χ0n) is 10.7. The third-order valence-corrected chi connectivity index (χ3v) is 2.66. The van der Waals surface area contributed by atoms with Gasteiger partial charge in [-0.3, -0.25) is 9.97 Å². The molecule has 0 fully saturated rings. The minimum atomic E-state index is -2.94. The molecule has 0 radical (unpaired) electrons. The van der Waals surface area contributed by atoms with Crippen molar-refractivity contribution in [2.75, 3.05) is 7.11 Å². The molecule has 0 aliphatic carbocycles. The van der Waals surface area contributed by atoms with Gasteiger partial charge in [-0.25, -0.2) is 0 Å². The van der Waals surface area contributed by atoms with Crippen molar-refractivity contribution in [1.29, 1.82) is 0 Å². The highest BCUT2D eigenvalue weighted by Crippen LogP contribution is 2.32. The fourth-order valence-electron chi connectivity index (χ4n) is 1.72. The summed E-state index contributed by atoms with van der Waals surface area (Å²) in [7, 11) is 1.37. The summed E-state index contributed by atoms with van der Waals surface area (Å²) in [6.45, 7) is -2.94. The van der Waals surface area contributed by atoms with Crippen LogP contribution in [-0.4, -0.2) is 23.7 Å². The highest BCUT2D eigenvalue weighted by molar-refractivity contribution is 5.45. The topological polar surface area (TPSA) is 70.3 Å². The van der Waals surface area contributed by atoms with E-state index >= 15 is 0 Å². The molecule has 1 aromatic heterocycles. The summed E-state index contributed by atoms with van der Waals surface area (Å²) in [5.74, 6) is 0.139. The van der Waals surface area contributed by atoms with Crippen LogP contribution < -0.4 is 15.2 Å². The van der Waals surface area contributed by atoms with Crippen LogP contribution in [0.4, 0.5) is 8.78 Å². The second kappa shape index (κ2) is 6.25. The van der Waals surface area contributed by atoms with E-state index in [4.69, 9.17) is 10.5 Å². The number of halogens is 2. The predicted octanol–water partition coefficient (Wildman–Crippen LogP) is 2.13. The first-order chi connectivity index (χ1) is 9.61. The van der Waals surface area contributed by atoms with E-state index in [2.05, 4.69) is 14.7 Å². The van der Waals surface area contributed by atoms with Gasteiger partial charge in [-0.1, -0.05) is 6.07 Å². The molecule has 1 atom stereocenters. The Morgan fingerprint density at radius 3 is 2.60 bits per heavy atom. The molecule has 1 unspecified atom stereocenters. The first kappa shape index (κ1) is 14.1. The van der Waals surface area contributed by atoms with Gasteiger partial charge in [-0.05, 0) is 17.7 Å². The monoisotopic (exact) mass is 281 g/mol. The maximum absolute atomic E-state index is 12.4. The molecule has 5 nitrogen and oxygen atoms in total. The molecule has 0 spiro atoms. The average Bonchev–Trinajstić information content (AvgIpc) is 2.46. The molecule has 0 amide bonds. The van der Waals surface area contributed by atoms with Crippen molar-refractivity contribution in [1.82, 2.24) is 9.97 Å². The zero-order chi connectivity index (χ0) is 14.5. The number of hydrogen-bond donors (Lipinski definition) is 1. The van der Waals surface area contributed by atoms with E-state index in [1.165, 1.54) is 37.8 Å². The highest BCUT2D eigenvalue weighted by Gasteiger charge is 2.16. The summed E-state index contributed by atoms with van der Waals surface area (Å²) in [4.78, 5) is 8.00. The van der Waals surface area contributed by atoms with Crippen molar-refractivity contribution < 1.29 is 18.3 Å². The summed E-state index contributed by atoms with van der Waals surface area (Å²) in [6, 6.07) is 4.00. The molecule has 2 aromatic rings. The lowest BCUT2D eigenvalue weighted by Gasteiger charge is -2.15. The van der Waals surface area contributed by atoms with E-state index in [-0.39, 0.29) is 11.5 Å². The maximum atomic E-state index is 12.4. The minimum absolute atomic E-state index is 0.0701. The van der Waals surface area contributed by atoms with E-state index < -0.39 is 12.7 Å². The Bertz CT molecular complexity index is 567. The molecule has 1 aromatic carbocycles. The molecule has 0 saturated heterocycles. The number of hydrogen-bond acceptors (Lipinski definition) is 5. The van der Waals surface area contributed by atoms with Crippen LogP contribution in [-0.2, 0) is 0 Å². The lowest BCUT2D eigenvalue weighted by molar-refractivity contribution is -0.0512. The average molecular weight is 281 g/mol. The van der Waals surface area contributed by atoms with Crippen molar-refractivity contribution in [3.05, 3.63) is 48.0 Å². The first-order valence-electron chi connectivity index (χ1n) is 5.76. The number of rotatable bonds is 5. The smallest absolute Gasteiger partial charge is 0.387 e. The number of nitrogens with zero attached hydrogens (tertiary/aromatic N) is 2.